The third-order valence-corrected chi connectivity index (χ3v) is 7.46. The van der Waals surface area contributed by atoms with E-state index in [4.69, 9.17) is 12.2 Å². The predicted molar refractivity (Wildman–Crippen MR) is 153 cm³/mol. The quantitative estimate of drug-likeness (QED) is 0.231. The summed E-state index contributed by atoms with van der Waals surface area (Å²) >= 11 is 5.56. The molecular formula is C30H36F3N3O2S. The summed E-state index contributed by atoms with van der Waals surface area (Å²) in [5, 5.41) is 3.15. The van der Waals surface area contributed by atoms with Crippen LogP contribution in [-0.4, -0.2) is 52.8 Å². The second-order valence-electron chi connectivity index (χ2n) is 9.98. The van der Waals surface area contributed by atoms with Gasteiger partial charge in [0.2, 0.25) is 11.8 Å². The highest BCUT2D eigenvalue weighted by atomic mass is 32.1. The van der Waals surface area contributed by atoms with Gasteiger partial charge in [-0.05, 0) is 62.3 Å². The molecule has 1 aromatic rings. The molecule has 0 saturated carbocycles. The van der Waals surface area contributed by atoms with Crippen molar-refractivity contribution in [3.05, 3.63) is 78.0 Å². The van der Waals surface area contributed by atoms with Gasteiger partial charge in [-0.2, -0.15) is 13.2 Å². The lowest BCUT2D eigenvalue weighted by Crippen LogP contribution is -2.42. The van der Waals surface area contributed by atoms with Crippen molar-refractivity contribution in [1.82, 2.24) is 15.1 Å². The van der Waals surface area contributed by atoms with Crippen LogP contribution < -0.4 is 5.32 Å². The van der Waals surface area contributed by atoms with Crippen molar-refractivity contribution in [2.24, 2.45) is 5.92 Å². The Bertz CT molecular complexity index is 1130. The van der Waals surface area contributed by atoms with E-state index in [9.17, 15) is 22.8 Å². The van der Waals surface area contributed by atoms with Crippen molar-refractivity contribution in [2.75, 3.05) is 26.2 Å². The Balaban J connectivity index is 1.39. The molecule has 2 aliphatic rings. The van der Waals surface area contributed by atoms with Gasteiger partial charge in [-0.3, -0.25) is 9.59 Å². The van der Waals surface area contributed by atoms with Crippen molar-refractivity contribution >= 4 is 34.6 Å². The molecule has 5 nitrogen and oxygen atoms in total. The number of allylic oxidation sites excluding steroid dienone is 5. The molecule has 0 unspecified atom stereocenters. The maximum atomic E-state index is 12.7. The van der Waals surface area contributed by atoms with Crippen LogP contribution in [-0.2, 0) is 15.8 Å². The number of hydrogen-bond donors (Lipinski definition) is 1. The second-order valence-corrected chi connectivity index (χ2v) is 10.4. The molecule has 0 atom stereocenters. The van der Waals surface area contributed by atoms with Crippen LogP contribution in [0.5, 0.6) is 0 Å². The van der Waals surface area contributed by atoms with Crippen LogP contribution in [0.2, 0.25) is 0 Å². The second kappa shape index (κ2) is 14.3. The molecule has 39 heavy (non-hydrogen) atoms. The summed E-state index contributed by atoms with van der Waals surface area (Å²) in [5.74, 6) is 0.131. The van der Waals surface area contributed by atoms with Crippen LogP contribution in [0.25, 0.3) is 5.57 Å². The molecule has 0 aliphatic carbocycles. The summed E-state index contributed by atoms with van der Waals surface area (Å²) in [6, 6.07) is 5.01. The zero-order valence-electron chi connectivity index (χ0n) is 22.3. The molecule has 1 N–H and O–H groups in total. The van der Waals surface area contributed by atoms with E-state index in [0.29, 0.717) is 29.3 Å². The first kappa shape index (κ1) is 30.3. The van der Waals surface area contributed by atoms with E-state index in [-0.39, 0.29) is 24.2 Å². The molecule has 2 aliphatic heterocycles. The number of likely N-dealkylation sites (tertiary alicyclic amines) is 2. The summed E-state index contributed by atoms with van der Waals surface area (Å²) in [6.45, 7) is 8.60. The number of carbonyl (C=O) groups excluding carboxylic acids is 2. The highest BCUT2D eigenvalue weighted by Gasteiger charge is 2.30. The standard InChI is InChI=1S/C30H36F3N3O2S/c1-22(24-11-13-26(14-12-24)30(31,32)33)9-5-3-6-10-27(37)36-19-15-25(16-20-36)29(39)34-23(2)21-28(38)35-17-7-4-8-18-35/h3,5-6,9-14,25H,2,4,7-8,15-21H2,1H3,(H,34,39)/b5-3-,10-6+,22-9+. The van der Waals surface area contributed by atoms with Crippen LogP contribution in [0.15, 0.2) is 66.9 Å². The van der Waals surface area contributed by atoms with Gasteiger partial charge in [0.15, 0.2) is 0 Å². The topological polar surface area (TPSA) is 52.7 Å². The maximum Gasteiger partial charge on any atom is 0.416 e. The van der Waals surface area contributed by atoms with Crippen LogP contribution in [0.3, 0.4) is 0 Å². The molecule has 210 valence electrons. The van der Waals surface area contributed by atoms with Gasteiger partial charge in [-0.15, -0.1) is 0 Å². The van der Waals surface area contributed by atoms with Crippen molar-refractivity contribution in [1.29, 1.82) is 0 Å². The Labute approximate surface area is 234 Å². The maximum absolute atomic E-state index is 12.7. The molecule has 0 bridgehead atoms. The summed E-state index contributed by atoms with van der Waals surface area (Å²) in [5.41, 5.74) is 1.44. The molecule has 2 amide bonds. The van der Waals surface area contributed by atoms with Crippen LogP contribution in [0.1, 0.15) is 56.6 Å². The van der Waals surface area contributed by atoms with Gasteiger partial charge < -0.3 is 15.1 Å². The average molecular weight is 560 g/mol. The summed E-state index contributed by atoms with van der Waals surface area (Å²) in [4.78, 5) is 29.3. The van der Waals surface area contributed by atoms with E-state index in [1.807, 2.05) is 11.8 Å². The van der Waals surface area contributed by atoms with E-state index < -0.39 is 11.7 Å². The largest absolute Gasteiger partial charge is 0.416 e. The van der Waals surface area contributed by atoms with E-state index in [0.717, 1.165) is 56.5 Å². The van der Waals surface area contributed by atoms with Gasteiger partial charge in [0.05, 0.1) is 17.0 Å². The highest BCUT2D eigenvalue weighted by molar-refractivity contribution is 7.80. The number of piperidine rings is 2. The summed E-state index contributed by atoms with van der Waals surface area (Å²) in [7, 11) is 0. The summed E-state index contributed by atoms with van der Waals surface area (Å²) < 4.78 is 38.1. The van der Waals surface area contributed by atoms with E-state index in [2.05, 4.69) is 11.9 Å². The van der Waals surface area contributed by atoms with Crippen molar-refractivity contribution in [3.8, 4) is 0 Å². The number of carbonyl (C=O) groups is 2. The number of amides is 2. The van der Waals surface area contributed by atoms with Gasteiger partial charge >= 0.3 is 6.18 Å². The zero-order valence-corrected chi connectivity index (χ0v) is 23.1. The molecule has 2 saturated heterocycles. The number of alkyl halides is 3. The first-order valence-corrected chi connectivity index (χ1v) is 13.7. The van der Waals surface area contributed by atoms with Crippen LogP contribution in [0.4, 0.5) is 13.2 Å². The monoisotopic (exact) mass is 559 g/mol. The molecule has 0 aromatic heterocycles. The summed E-state index contributed by atoms with van der Waals surface area (Å²) in [6.07, 6.45) is 9.05. The molecule has 2 heterocycles. The number of nitrogens with zero attached hydrogens (tertiary/aromatic N) is 2. The number of nitrogens with one attached hydrogen (secondary N) is 1. The lowest BCUT2D eigenvalue weighted by atomic mass is 9.96. The number of benzene rings is 1. The Morgan fingerprint density at radius 1 is 1.00 bits per heavy atom. The molecule has 9 heteroatoms. The lowest BCUT2D eigenvalue weighted by molar-refractivity contribution is -0.137. The predicted octanol–water partition coefficient (Wildman–Crippen LogP) is 6.29. The minimum atomic E-state index is -4.35. The van der Waals surface area contributed by atoms with Crippen molar-refractivity contribution < 1.29 is 22.8 Å². The first-order valence-electron chi connectivity index (χ1n) is 13.3. The number of rotatable bonds is 8. The fourth-order valence-corrected chi connectivity index (χ4v) is 5.03. The Hall–Kier alpha value is -3.20. The Morgan fingerprint density at radius 2 is 1.64 bits per heavy atom. The Morgan fingerprint density at radius 3 is 2.26 bits per heavy atom. The normalized spacial score (nSPS) is 17.6. The zero-order chi connectivity index (χ0) is 28.4. The molecule has 1 aromatic carbocycles. The van der Waals surface area contributed by atoms with Gasteiger partial charge in [-0.25, -0.2) is 0 Å². The minimum Gasteiger partial charge on any atom is -0.353 e. The van der Waals surface area contributed by atoms with E-state index in [1.165, 1.54) is 24.6 Å². The minimum absolute atomic E-state index is 0.0847. The van der Waals surface area contributed by atoms with Gasteiger partial charge in [0.25, 0.3) is 0 Å². The number of halogens is 3. The smallest absolute Gasteiger partial charge is 0.353 e. The fraction of sp³-hybridized carbons (Fsp3) is 0.433. The van der Waals surface area contributed by atoms with E-state index in [1.54, 1.807) is 29.2 Å². The van der Waals surface area contributed by atoms with Gasteiger partial charge in [-0.1, -0.05) is 55.2 Å². The van der Waals surface area contributed by atoms with Crippen LogP contribution in [0, 0.1) is 5.92 Å². The third kappa shape index (κ3) is 9.49. The average Bonchev–Trinajstić information content (AvgIpc) is 2.92. The van der Waals surface area contributed by atoms with Gasteiger partial charge in [0, 0.05) is 43.9 Å². The van der Waals surface area contributed by atoms with Gasteiger partial charge in [0.1, 0.15) is 0 Å². The first-order chi connectivity index (χ1) is 18.5. The molecule has 2 fully saturated rings. The number of thiocarbonyl (C=S) groups is 1. The molecule has 0 spiro atoms. The van der Waals surface area contributed by atoms with Crippen molar-refractivity contribution in [3.63, 3.8) is 0 Å². The fourth-order valence-electron chi connectivity index (χ4n) is 4.65. The third-order valence-electron chi connectivity index (χ3n) is 7.03. The SMILES string of the molecule is C=C(CC(=O)N1CCCCC1)NC(=S)C1CCN(C(=O)/C=C/C=C\C=C(/C)c2ccc(C(F)(F)F)cc2)CC1. The van der Waals surface area contributed by atoms with E-state index >= 15 is 0 Å². The van der Waals surface area contributed by atoms with Crippen molar-refractivity contribution in [2.45, 2.75) is 51.6 Å². The highest BCUT2D eigenvalue weighted by Crippen LogP contribution is 2.30. The Kier molecular flexibility index (Phi) is 11.1. The van der Waals surface area contributed by atoms with Crippen LogP contribution >= 0.6 is 12.2 Å². The molecule has 3 rings (SSSR count). The molecule has 0 radical (unpaired) electrons. The number of hydrogen-bond acceptors (Lipinski definition) is 3. The lowest BCUT2D eigenvalue weighted by Gasteiger charge is -2.32. The molecular weight excluding hydrogens is 523 g/mol.